The molecule has 1 aliphatic heterocycles. The molecule has 0 aliphatic carbocycles. The standard InChI is InChI=1S/C7H15N3O4S/c1-9(2)15(13,14)10-4-3-8-5-6(10)7(11)12/h6,8H,3-5H2,1-2H3,(H,11,12). The van der Waals surface area contributed by atoms with Gasteiger partial charge in [0.15, 0.2) is 0 Å². The summed E-state index contributed by atoms with van der Waals surface area (Å²) in [5, 5.41) is 11.7. The van der Waals surface area contributed by atoms with Gasteiger partial charge in [0.25, 0.3) is 10.2 Å². The van der Waals surface area contributed by atoms with E-state index in [4.69, 9.17) is 5.11 Å². The van der Waals surface area contributed by atoms with Crippen molar-refractivity contribution in [2.45, 2.75) is 6.04 Å². The van der Waals surface area contributed by atoms with Crippen LogP contribution in [0, 0.1) is 0 Å². The van der Waals surface area contributed by atoms with Crippen molar-refractivity contribution in [3.63, 3.8) is 0 Å². The minimum Gasteiger partial charge on any atom is -0.480 e. The van der Waals surface area contributed by atoms with Crippen molar-refractivity contribution >= 4 is 16.2 Å². The first-order valence-electron chi connectivity index (χ1n) is 4.50. The van der Waals surface area contributed by atoms with Crippen LogP contribution in [0.25, 0.3) is 0 Å². The second-order valence-corrected chi connectivity index (χ2v) is 5.55. The van der Waals surface area contributed by atoms with Gasteiger partial charge in [0, 0.05) is 33.7 Å². The summed E-state index contributed by atoms with van der Waals surface area (Å²) in [7, 11) is -0.878. The van der Waals surface area contributed by atoms with Crippen LogP contribution in [0.15, 0.2) is 0 Å². The molecule has 8 heteroatoms. The molecule has 1 aliphatic rings. The average Bonchev–Trinajstić information content (AvgIpc) is 2.17. The van der Waals surface area contributed by atoms with Gasteiger partial charge in [-0.3, -0.25) is 4.79 Å². The molecule has 0 saturated carbocycles. The molecule has 0 amide bonds. The van der Waals surface area contributed by atoms with Crippen LogP contribution < -0.4 is 5.32 Å². The van der Waals surface area contributed by atoms with Gasteiger partial charge in [0.1, 0.15) is 6.04 Å². The second kappa shape index (κ2) is 4.44. The highest BCUT2D eigenvalue weighted by molar-refractivity contribution is 7.86. The third kappa shape index (κ3) is 2.46. The summed E-state index contributed by atoms with van der Waals surface area (Å²) in [4.78, 5) is 10.9. The van der Waals surface area contributed by atoms with Crippen molar-refractivity contribution < 1.29 is 18.3 Å². The van der Waals surface area contributed by atoms with E-state index in [0.717, 1.165) is 8.61 Å². The number of nitrogens with zero attached hydrogens (tertiary/aromatic N) is 2. The molecule has 1 saturated heterocycles. The van der Waals surface area contributed by atoms with Gasteiger partial charge in [-0.15, -0.1) is 0 Å². The van der Waals surface area contributed by atoms with Crippen molar-refractivity contribution in [3.05, 3.63) is 0 Å². The summed E-state index contributed by atoms with van der Waals surface area (Å²) in [6.45, 7) is 0.788. The summed E-state index contributed by atoms with van der Waals surface area (Å²) in [6, 6.07) is -1.02. The Labute approximate surface area is 88.8 Å². The Kier molecular flexibility index (Phi) is 3.66. The fourth-order valence-electron chi connectivity index (χ4n) is 1.38. The zero-order valence-electron chi connectivity index (χ0n) is 8.67. The van der Waals surface area contributed by atoms with Crippen LogP contribution in [-0.4, -0.2) is 67.9 Å². The number of rotatable bonds is 3. The lowest BCUT2D eigenvalue weighted by Gasteiger charge is -2.33. The molecule has 88 valence electrons. The first-order valence-corrected chi connectivity index (χ1v) is 5.90. The number of carboxylic acids is 1. The number of aliphatic carboxylic acids is 1. The molecule has 0 radical (unpaired) electrons. The van der Waals surface area contributed by atoms with Crippen molar-refractivity contribution in [2.24, 2.45) is 0 Å². The Morgan fingerprint density at radius 1 is 1.53 bits per heavy atom. The minimum absolute atomic E-state index is 0.141. The highest BCUT2D eigenvalue weighted by atomic mass is 32.2. The highest BCUT2D eigenvalue weighted by Crippen LogP contribution is 2.12. The Morgan fingerprint density at radius 2 is 2.13 bits per heavy atom. The Bertz CT molecular complexity index is 340. The number of hydrogen-bond donors (Lipinski definition) is 2. The number of carbonyl (C=O) groups is 1. The third-order valence-corrected chi connectivity index (χ3v) is 4.19. The van der Waals surface area contributed by atoms with Crippen LogP contribution in [0.3, 0.4) is 0 Å². The molecule has 1 unspecified atom stereocenters. The zero-order valence-corrected chi connectivity index (χ0v) is 9.49. The molecule has 1 heterocycles. The molecule has 7 nitrogen and oxygen atoms in total. The molecule has 1 fully saturated rings. The first kappa shape index (κ1) is 12.4. The third-order valence-electron chi connectivity index (χ3n) is 2.24. The molecule has 0 spiro atoms. The molecule has 15 heavy (non-hydrogen) atoms. The lowest BCUT2D eigenvalue weighted by Crippen LogP contribution is -2.59. The fraction of sp³-hybridized carbons (Fsp3) is 0.857. The number of carboxylic acid groups (broad SMARTS) is 1. The summed E-state index contributed by atoms with van der Waals surface area (Å²) < 4.78 is 25.5. The normalized spacial score (nSPS) is 24.3. The van der Waals surface area contributed by atoms with Crippen LogP contribution in [0.5, 0.6) is 0 Å². The van der Waals surface area contributed by atoms with Gasteiger partial charge in [-0.05, 0) is 0 Å². The van der Waals surface area contributed by atoms with E-state index in [0.29, 0.717) is 6.54 Å². The van der Waals surface area contributed by atoms with E-state index >= 15 is 0 Å². The molecule has 0 aromatic heterocycles. The summed E-state index contributed by atoms with van der Waals surface area (Å²) in [6.07, 6.45) is 0. The molecule has 0 aromatic carbocycles. The maximum atomic E-state index is 11.8. The van der Waals surface area contributed by atoms with Crippen LogP contribution in [0.1, 0.15) is 0 Å². The molecular weight excluding hydrogens is 222 g/mol. The van der Waals surface area contributed by atoms with Crippen LogP contribution >= 0.6 is 0 Å². The maximum Gasteiger partial charge on any atom is 0.323 e. The monoisotopic (exact) mass is 237 g/mol. The van der Waals surface area contributed by atoms with Crippen molar-refractivity contribution in [2.75, 3.05) is 33.7 Å². The Morgan fingerprint density at radius 3 is 2.60 bits per heavy atom. The molecule has 0 bridgehead atoms. The molecule has 1 rings (SSSR count). The van der Waals surface area contributed by atoms with Gasteiger partial charge < -0.3 is 10.4 Å². The molecule has 0 aromatic rings. The fourth-order valence-corrected chi connectivity index (χ4v) is 2.61. The zero-order chi connectivity index (χ0) is 11.6. The predicted octanol–water partition coefficient (Wildman–Crippen LogP) is -1.85. The highest BCUT2D eigenvalue weighted by Gasteiger charge is 2.37. The van der Waals surface area contributed by atoms with E-state index in [1.807, 2.05) is 0 Å². The van der Waals surface area contributed by atoms with E-state index in [1.165, 1.54) is 14.1 Å². The van der Waals surface area contributed by atoms with E-state index in [1.54, 1.807) is 0 Å². The smallest absolute Gasteiger partial charge is 0.323 e. The minimum atomic E-state index is -3.65. The quantitative estimate of drug-likeness (QED) is 0.601. The van der Waals surface area contributed by atoms with Crippen molar-refractivity contribution in [1.29, 1.82) is 0 Å². The first-order chi connectivity index (χ1) is 6.87. The van der Waals surface area contributed by atoms with Crippen molar-refractivity contribution in [1.82, 2.24) is 13.9 Å². The van der Waals surface area contributed by atoms with Crippen LogP contribution in [-0.2, 0) is 15.0 Å². The van der Waals surface area contributed by atoms with Gasteiger partial charge in [-0.25, -0.2) is 0 Å². The lowest BCUT2D eigenvalue weighted by atomic mass is 10.2. The second-order valence-electron chi connectivity index (χ2n) is 3.46. The van der Waals surface area contributed by atoms with E-state index < -0.39 is 22.2 Å². The molecule has 1 atom stereocenters. The van der Waals surface area contributed by atoms with Crippen LogP contribution in [0.2, 0.25) is 0 Å². The molecule has 2 N–H and O–H groups in total. The number of piperazine rings is 1. The van der Waals surface area contributed by atoms with E-state index in [9.17, 15) is 13.2 Å². The number of nitrogens with one attached hydrogen (secondary N) is 1. The lowest BCUT2D eigenvalue weighted by molar-refractivity contribution is -0.141. The van der Waals surface area contributed by atoms with Crippen LogP contribution in [0.4, 0.5) is 0 Å². The summed E-state index contributed by atoms with van der Waals surface area (Å²) >= 11 is 0. The summed E-state index contributed by atoms with van der Waals surface area (Å²) in [5.41, 5.74) is 0. The number of hydrogen-bond acceptors (Lipinski definition) is 4. The van der Waals surface area contributed by atoms with Gasteiger partial charge in [-0.2, -0.15) is 17.0 Å². The van der Waals surface area contributed by atoms with Gasteiger partial charge >= 0.3 is 5.97 Å². The topological polar surface area (TPSA) is 90.0 Å². The molecular formula is C7H15N3O4S. The summed E-state index contributed by atoms with van der Waals surface area (Å²) in [5.74, 6) is -1.13. The average molecular weight is 237 g/mol. The van der Waals surface area contributed by atoms with Gasteiger partial charge in [-0.1, -0.05) is 0 Å². The Balaban J connectivity index is 2.95. The van der Waals surface area contributed by atoms with E-state index in [2.05, 4.69) is 5.32 Å². The van der Waals surface area contributed by atoms with E-state index in [-0.39, 0.29) is 13.1 Å². The maximum absolute atomic E-state index is 11.8. The van der Waals surface area contributed by atoms with Gasteiger partial charge in [0.05, 0.1) is 0 Å². The SMILES string of the molecule is CN(C)S(=O)(=O)N1CCNCC1C(=O)O. The van der Waals surface area contributed by atoms with Gasteiger partial charge in [0.2, 0.25) is 0 Å². The Hall–Kier alpha value is -0.700. The predicted molar refractivity (Wildman–Crippen MR) is 53.6 cm³/mol. The van der Waals surface area contributed by atoms with Crippen molar-refractivity contribution in [3.8, 4) is 0 Å². The largest absolute Gasteiger partial charge is 0.480 e.